The second-order valence-electron chi connectivity index (χ2n) is 6.26. The number of anilines is 1. The lowest BCUT2D eigenvalue weighted by Crippen LogP contribution is -3.12. The quantitative estimate of drug-likeness (QED) is 0.581. The van der Waals surface area contributed by atoms with Crippen molar-refractivity contribution in [3.63, 3.8) is 0 Å². The van der Waals surface area contributed by atoms with Crippen LogP contribution in [0.15, 0.2) is 51.8 Å². The number of hydrogen-bond donors (Lipinski definition) is 3. The number of quaternary nitrogens is 1. The van der Waals surface area contributed by atoms with Crippen molar-refractivity contribution < 1.29 is 22.8 Å². The number of carbonyl (C=O) groups excluding carboxylic acids is 1. The van der Waals surface area contributed by atoms with Crippen molar-refractivity contribution in [2.45, 2.75) is 24.4 Å². The van der Waals surface area contributed by atoms with Gasteiger partial charge in [-0.25, -0.2) is 13.6 Å². The Balaban J connectivity index is 2.05. The zero-order valence-corrected chi connectivity index (χ0v) is 17.7. The molecule has 1 amide bonds. The lowest BCUT2D eigenvalue weighted by molar-refractivity contribution is -0.907. The lowest BCUT2D eigenvalue weighted by Gasteiger charge is -2.22. The topological polar surface area (TPSA) is 103 Å². The third kappa shape index (κ3) is 5.77. The van der Waals surface area contributed by atoms with Gasteiger partial charge in [0.2, 0.25) is 10.0 Å². The number of carbonyl (C=O) groups is 1. The monoisotopic (exact) mass is 456 g/mol. The molecule has 2 atom stereocenters. The molecule has 9 heteroatoms. The Hall–Kier alpha value is -1.94. The van der Waals surface area contributed by atoms with Crippen LogP contribution in [0.4, 0.5) is 5.69 Å². The van der Waals surface area contributed by atoms with Crippen LogP contribution >= 0.6 is 15.9 Å². The third-order valence-electron chi connectivity index (χ3n) is 4.29. The lowest BCUT2D eigenvalue weighted by atomic mass is 10.1. The Kier molecular flexibility index (Phi) is 6.99. The number of halogens is 1. The maximum atomic E-state index is 12.5. The number of nitrogens with one attached hydrogen (secondary N) is 2. The number of primary sulfonamides is 1. The fourth-order valence-electron chi connectivity index (χ4n) is 2.54. The van der Waals surface area contributed by atoms with Crippen LogP contribution in [0.5, 0.6) is 5.75 Å². The van der Waals surface area contributed by atoms with Gasteiger partial charge in [-0.3, -0.25) is 4.79 Å². The number of methoxy groups -OCH3 is 1. The predicted octanol–water partition coefficient (Wildman–Crippen LogP) is 1.15. The Morgan fingerprint density at radius 2 is 1.89 bits per heavy atom. The fraction of sp³-hybridized carbons (Fsp3) is 0.278. The molecule has 0 heterocycles. The highest BCUT2D eigenvalue weighted by molar-refractivity contribution is 9.10. The molecule has 1 unspecified atom stereocenters. The molecule has 0 aliphatic heterocycles. The first-order chi connectivity index (χ1) is 12.6. The normalized spacial score (nSPS) is 13.7. The molecule has 2 aromatic rings. The van der Waals surface area contributed by atoms with Crippen LogP contribution in [0.3, 0.4) is 0 Å². The zero-order chi connectivity index (χ0) is 20.2. The van der Waals surface area contributed by atoms with Crippen LogP contribution in [0.1, 0.15) is 12.5 Å². The SMILES string of the molecule is COc1ccc(Br)cc1C[NH+](C)[C@@H](C)C(=O)Nc1ccc(S(N)(=O)=O)cc1. The number of nitrogens with two attached hydrogens (primary N) is 1. The van der Waals surface area contributed by atoms with E-state index in [-0.39, 0.29) is 16.8 Å². The minimum Gasteiger partial charge on any atom is -0.496 e. The number of likely N-dealkylation sites (N-methyl/N-ethyl adjacent to an activating group) is 1. The van der Waals surface area contributed by atoms with E-state index in [1.165, 1.54) is 24.3 Å². The smallest absolute Gasteiger partial charge is 0.282 e. The molecule has 0 saturated heterocycles. The van der Waals surface area contributed by atoms with Crippen molar-refractivity contribution in [2.24, 2.45) is 5.14 Å². The molecular formula is C18H23BrN3O4S+. The summed E-state index contributed by atoms with van der Waals surface area (Å²) in [4.78, 5) is 13.5. The van der Waals surface area contributed by atoms with Crippen LogP contribution < -0.4 is 20.1 Å². The van der Waals surface area contributed by atoms with E-state index < -0.39 is 10.0 Å². The van der Waals surface area contributed by atoms with E-state index in [0.29, 0.717) is 12.2 Å². The summed E-state index contributed by atoms with van der Waals surface area (Å²) >= 11 is 3.45. The second kappa shape index (κ2) is 8.83. The van der Waals surface area contributed by atoms with Gasteiger partial charge in [0.25, 0.3) is 5.91 Å². The van der Waals surface area contributed by atoms with E-state index in [2.05, 4.69) is 21.2 Å². The minimum atomic E-state index is -3.76. The van der Waals surface area contributed by atoms with Crippen LogP contribution in [0.25, 0.3) is 0 Å². The van der Waals surface area contributed by atoms with E-state index in [0.717, 1.165) is 20.7 Å². The molecule has 2 aromatic carbocycles. The highest BCUT2D eigenvalue weighted by atomic mass is 79.9. The minimum absolute atomic E-state index is 0.00181. The van der Waals surface area contributed by atoms with Gasteiger partial charge in [-0.15, -0.1) is 0 Å². The molecular weight excluding hydrogens is 434 g/mol. The summed E-state index contributed by atoms with van der Waals surface area (Å²) in [6, 6.07) is 11.2. The van der Waals surface area contributed by atoms with Crippen molar-refractivity contribution in [3.8, 4) is 5.75 Å². The first kappa shape index (κ1) is 21.4. The molecule has 0 radical (unpaired) electrons. The summed E-state index contributed by atoms with van der Waals surface area (Å²) in [6.07, 6.45) is 0. The third-order valence-corrected chi connectivity index (χ3v) is 5.72. The molecule has 0 aliphatic rings. The predicted molar refractivity (Wildman–Crippen MR) is 107 cm³/mol. The van der Waals surface area contributed by atoms with Gasteiger partial charge >= 0.3 is 0 Å². The Morgan fingerprint density at radius 1 is 1.26 bits per heavy atom. The molecule has 0 bridgehead atoms. The van der Waals surface area contributed by atoms with Gasteiger partial charge in [-0.05, 0) is 49.4 Å². The first-order valence-electron chi connectivity index (χ1n) is 8.20. The zero-order valence-electron chi connectivity index (χ0n) is 15.3. The van der Waals surface area contributed by atoms with Crippen LogP contribution in [0, 0.1) is 0 Å². The number of sulfonamides is 1. The largest absolute Gasteiger partial charge is 0.496 e. The number of amides is 1. The average Bonchev–Trinajstić information content (AvgIpc) is 2.61. The number of rotatable bonds is 7. The summed E-state index contributed by atoms with van der Waals surface area (Å²) in [5.74, 6) is 0.591. The maximum absolute atomic E-state index is 12.5. The Bertz CT molecular complexity index is 917. The standard InChI is InChI=1S/C18H22BrN3O4S/c1-12(22(2)11-13-10-14(19)4-9-17(13)26-3)18(23)21-15-5-7-16(8-6-15)27(20,24)25/h4-10,12H,11H2,1-3H3,(H,21,23)(H2,20,24,25)/p+1/t12-/m0/s1. The summed E-state index contributed by atoms with van der Waals surface area (Å²) in [7, 11) is -0.215. The molecule has 0 saturated carbocycles. The molecule has 0 spiro atoms. The van der Waals surface area contributed by atoms with Gasteiger partial charge in [-0.2, -0.15) is 0 Å². The molecule has 7 nitrogen and oxygen atoms in total. The summed E-state index contributed by atoms with van der Waals surface area (Å²) in [6.45, 7) is 2.43. The van der Waals surface area contributed by atoms with E-state index in [9.17, 15) is 13.2 Å². The highest BCUT2D eigenvalue weighted by Crippen LogP contribution is 2.22. The number of hydrogen-bond acceptors (Lipinski definition) is 4. The van der Waals surface area contributed by atoms with Gasteiger partial charge < -0.3 is 15.0 Å². The molecule has 27 heavy (non-hydrogen) atoms. The first-order valence-corrected chi connectivity index (χ1v) is 10.5. The number of benzene rings is 2. The van der Waals surface area contributed by atoms with E-state index in [1.54, 1.807) is 7.11 Å². The summed E-state index contributed by atoms with van der Waals surface area (Å²) in [5, 5.41) is 7.86. The summed E-state index contributed by atoms with van der Waals surface area (Å²) < 4.78 is 28.9. The van der Waals surface area contributed by atoms with E-state index in [4.69, 9.17) is 9.88 Å². The Morgan fingerprint density at radius 3 is 2.44 bits per heavy atom. The fourth-order valence-corrected chi connectivity index (χ4v) is 3.46. The van der Waals surface area contributed by atoms with Crippen molar-refractivity contribution in [2.75, 3.05) is 19.5 Å². The molecule has 146 valence electrons. The molecule has 0 aliphatic carbocycles. The van der Waals surface area contributed by atoms with Gasteiger partial charge in [0.05, 0.1) is 19.1 Å². The van der Waals surface area contributed by atoms with Gasteiger partial charge in [0.1, 0.15) is 12.3 Å². The Labute approximate surface area is 167 Å². The molecule has 0 fully saturated rings. The van der Waals surface area contributed by atoms with Crippen LogP contribution in [-0.4, -0.2) is 34.5 Å². The van der Waals surface area contributed by atoms with Crippen molar-refractivity contribution in [3.05, 3.63) is 52.5 Å². The highest BCUT2D eigenvalue weighted by Gasteiger charge is 2.23. The van der Waals surface area contributed by atoms with Gasteiger partial charge in [-0.1, -0.05) is 15.9 Å². The van der Waals surface area contributed by atoms with Crippen molar-refractivity contribution in [1.82, 2.24) is 0 Å². The van der Waals surface area contributed by atoms with Gasteiger partial charge in [0, 0.05) is 15.7 Å². The van der Waals surface area contributed by atoms with Crippen molar-refractivity contribution >= 4 is 37.5 Å². The molecule has 4 N–H and O–H groups in total. The molecule has 2 rings (SSSR count). The molecule has 0 aromatic heterocycles. The van der Waals surface area contributed by atoms with Crippen molar-refractivity contribution in [1.29, 1.82) is 0 Å². The van der Waals surface area contributed by atoms with E-state index >= 15 is 0 Å². The van der Waals surface area contributed by atoms with Gasteiger partial charge in [0.15, 0.2) is 6.04 Å². The maximum Gasteiger partial charge on any atom is 0.282 e. The average molecular weight is 457 g/mol. The van der Waals surface area contributed by atoms with Crippen LogP contribution in [-0.2, 0) is 21.4 Å². The summed E-state index contributed by atoms with van der Waals surface area (Å²) in [5.41, 5.74) is 1.49. The van der Waals surface area contributed by atoms with Crippen LogP contribution in [0.2, 0.25) is 0 Å². The van der Waals surface area contributed by atoms with E-state index in [1.807, 2.05) is 32.2 Å². The number of ether oxygens (including phenoxy) is 1. The second-order valence-corrected chi connectivity index (χ2v) is 8.74.